The molecule has 2 aromatic carbocycles. The number of hydrogen-bond acceptors (Lipinski definition) is 5. The zero-order chi connectivity index (χ0) is 23.8. The molecule has 1 aliphatic rings. The third-order valence-electron chi connectivity index (χ3n) is 5.52. The molecule has 3 rings (SSSR count). The predicted molar refractivity (Wildman–Crippen MR) is 120 cm³/mol. The van der Waals surface area contributed by atoms with Crippen LogP contribution in [-0.4, -0.2) is 74.5 Å². The van der Waals surface area contributed by atoms with Crippen LogP contribution in [0.1, 0.15) is 33.6 Å². The van der Waals surface area contributed by atoms with Gasteiger partial charge in [-0.2, -0.15) is 0 Å². The summed E-state index contributed by atoms with van der Waals surface area (Å²) in [4.78, 5) is 40.9. The summed E-state index contributed by atoms with van der Waals surface area (Å²) in [5.41, 5.74) is 0.826. The van der Waals surface area contributed by atoms with E-state index in [9.17, 15) is 18.8 Å². The van der Waals surface area contributed by atoms with Crippen molar-refractivity contribution in [1.82, 2.24) is 15.1 Å². The Labute approximate surface area is 192 Å². The van der Waals surface area contributed by atoms with Crippen molar-refractivity contribution < 1.29 is 28.2 Å². The van der Waals surface area contributed by atoms with Gasteiger partial charge in [-0.05, 0) is 42.8 Å². The second-order valence-electron chi connectivity index (χ2n) is 7.61. The van der Waals surface area contributed by atoms with E-state index in [0.29, 0.717) is 68.2 Å². The van der Waals surface area contributed by atoms with Crippen LogP contribution in [0, 0.1) is 5.82 Å². The lowest BCUT2D eigenvalue weighted by atomic mass is 10.1. The maximum Gasteiger partial charge on any atom is 0.257 e. The molecule has 0 radical (unpaired) electrons. The number of nitrogens with one attached hydrogen (secondary N) is 1. The van der Waals surface area contributed by atoms with Crippen LogP contribution < -0.4 is 14.8 Å². The van der Waals surface area contributed by atoms with Crippen molar-refractivity contribution in [3.8, 4) is 11.5 Å². The first-order valence-electron chi connectivity index (χ1n) is 10.8. The Morgan fingerprint density at radius 2 is 1.61 bits per heavy atom. The lowest BCUT2D eigenvalue weighted by Crippen LogP contribution is -2.50. The van der Waals surface area contributed by atoms with Crippen molar-refractivity contribution >= 4 is 17.7 Å². The summed E-state index contributed by atoms with van der Waals surface area (Å²) < 4.78 is 23.4. The zero-order valence-corrected chi connectivity index (χ0v) is 18.8. The number of hydrogen-bond donors (Lipinski definition) is 1. The second kappa shape index (κ2) is 11.3. The molecule has 3 amide bonds. The van der Waals surface area contributed by atoms with Gasteiger partial charge in [0.1, 0.15) is 17.3 Å². The standard InChI is InChI=1S/C24H28FN3O5/c1-32-19-9-10-20(21(16-19)33-2)24(31)28-14-12-27(13-15-28)22(29)4-3-11-26-23(30)17-5-7-18(25)8-6-17/h5-10,16H,3-4,11-15H2,1-2H3,(H,26,30). The molecule has 176 valence electrons. The number of rotatable bonds is 8. The minimum atomic E-state index is -0.401. The number of amides is 3. The lowest BCUT2D eigenvalue weighted by Gasteiger charge is -2.35. The number of halogens is 1. The molecule has 8 nitrogen and oxygen atoms in total. The monoisotopic (exact) mass is 457 g/mol. The smallest absolute Gasteiger partial charge is 0.257 e. The highest BCUT2D eigenvalue weighted by atomic mass is 19.1. The minimum Gasteiger partial charge on any atom is -0.497 e. The Morgan fingerprint density at radius 3 is 2.24 bits per heavy atom. The van der Waals surface area contributed by atoms with Crippen LogP contribution >= 0.6 is 0 Å². The van der Waals surface area contributed by atoms with Gasteiger partial charge in [-0.1, -0.05) is 0 Å². The predicted octanol–water partition coefficient (Wildman–Crippen LogP) is 2.34. The van der Waals surface area contributed by atoms with E-state index in [0.717, 1.165) is 0 Å². The van der Waals surface area contributed by atoms with Crippen LogP contribution in [-0.2, 0) is 4.79 Å². The zero-order valence-electron chi connectivity index (χ0n) is 18.8. The van der Waals surface area contributed by atoms with Gasteiger partial charge in [-0.25, -0.2) is 4.39 Å². The molecular weight excluding hydrogens is 429 g/mol. The fourth-order valence-corrected chi connectivity index (χ4v) is 3.61. The van der Waals surface area contributed by atoms with E-state index < -0.39 is 5.82 Å². The van der Waals surface area contributed by atoms with Crippen LogP contribution in [0.4, 0.5) is 4.39 Å². The summed E-state index contributed by atoms with van der Waals surface area (Å²) >= 11 is 0. The third-order valence-corrected chi connectivity index (χ3v) is 5.52. The summed E-state index contributed by atoms with van der Waals surface area (Å²) in [5, 5.41) is 2.73. The van der Waals surface area contributed by atoms with E-state index in [1.54, 1.807) is 35.1 Å². The van der Waals surface area contributed by atoms with E-state index >= 15 is 0 Å². The molecular formula is C24H28FN3O5. The lowest BCUT2D eigenvalue weighted by molar-refractivity contribution is -0.132. The first-order chi connectivity index (χ1) is 15.9. The Kier molecular flexibility index (Phi) is 8.23. The first-order valence-corrected chi connectivity index (χ1v) is 10.8. The molecule has 0 aromatic heterocycles. The van der Waals surface area contributed by atoms with Crippen LogP contribution in [0.3, 0.4) is 0 Å². The number of ether oxygens (including phenoxy) is 2. The van der Waals surface area contributed by atoms with Gasteiger partial charge in [-0.3, -0.25) is 14.4 Å². The van der Waals surface area contributed by atoms with Gasteiger partial charge in [0.05, 0.1) is 19.8 Å². The van der Waals surface area contributed by atoms with Crippen LogP contribution in [0.5, 0.6) is 11.5 Å². The van der Waals surface area contributed by atoms with Gasteiger partial charge in [0.25, 0.3) is 11.8 Å². The summed E-state index contributed by atoms with van der Waals surface area (Å²) in [6.07, 6.45) is 0.790. The molecule has 0 bridgehead atoms. The Morgan fingerprint density at radius 1 is 0.939 bits per heavy atom. The molecule has 1 fully saturated rings. The van der Waals surface area contributed by atoms with Crippen molar-refractivity contribution in [3.63, 3.8) is 0 Å². The SMILES string of the molecule is COc1ccc(C(=O)N2CCN(C(=O)CCCNC(=O)c3ccc(F)cc3)CC2)c(OC)c1. The summed E-state index contributed by atoms with van der Waals surface area (Å²) in [6.45, 7) is 2.11. The normalized spacial score (nSPS) is 13.4. The Hall–Kier alpha value is -3.62. The minimum absolute atomic E-state index is 0.0137. The highest BCUT2D eigenvalue weighted by Gasteiger charge is 2.26. The van der Waals surface area contributed by atoms with Crippen molar-refractivity contribution in [3.05, 3.63) is 59.4 Å². The van der Waals surface area contributed by atoms with Gasteiger partial charge in [0, 0.05) is 50.8 Å². The van der Waals surface area contributed by atoms with E-state index in [1.807, 2.05) is 0 Å². The average molecular weight is 458 g/mol. The number of nitrogens with zero attached hydrogens (tertiary/aromatic N) is 2. The second-order valence-corrected chi connectivity index (χ2v) is 7.61. The first kappa shape index (κ1) is 24.0. The molecule has 1 N–H and O–H groups in total. The van der Waals surface area contributed by atoms with Crippen molar-refractivity contribution in [2.75, 3.05) is 46.9 Å². The number of benzene rings is 2. The summed E-state index contributed by atoms with van der Waals surface area (Å²) in [7, 11) is 3.05. The molecule has 0 unspecified atom stereocenters. The third kappa shape index (κ3) is 6.21. The van der Waals surface area contributed by atoms with E-state index in [1.165, 1.54) is 31.4 Å². The topological polar surface area (TPSA) is 88.2 Å². The Balaban J connectivity index is 1.42. The number of carbonyl (C=O) groups is 3. The fourth-order valence-electron chi connectivity index (χ4n) is 3.61. The highest BCUT2D eigenvalue weighted by molar-refractivity contribution is 5.97. The molecule has 1 heterocycles. The molecule has 0 atom stereocenters. The average Bonchev–Trinajstić information content (AvgIpc) is 2.86. The molecule has 9 heteroatoms. The number of piperazine rings is 1. The molecule has 1 aliphatic heterocycles. The van der Waals surface area contributed by atoms with Crippen LogP contribution in [0.25, 0.3) is 0 Å². The van der Waals surface area contributed by atoms with E-state index in [4.69, 9.17) is 9.47 Å². The Bertz CT molecular complexity index is 988. The van der Waals surface area contributed by atoms with Gasteiger partial charge in [-0.15, -0.1) is 0 Å². The molecule has 2 aromatic rings. The number of carbonyl (C=O) groups excluding carboxylic acids is 3. The summed E-state index contributed by atoms with van der Waals surface area (Å²) in [6, 6.07) is 10.3. The fraction of sp³-hybridized carbons (Fsp3) is 0.375. The van der Waals surface area contributed by atoms with E-state index in [2.05, 4.69) is 5.32 Å². The van der Waals surface area contributed by atoms with Crippen molar-refractivity contribution in [2.24, 2.45) is 0 Å². The van der Waals surface area contributed by atoms with Crippen molar-refractivity contribution in [2.45, 2.75) is 12.8 Å². The number of methoxy groups -OCH3 is 2. The van der Waals surface area contributed by atoms with Crippen LogP contribution in [0.15, 0.2) is 42.5 Å². The van der Waals surface area contributed by atoms with Gasteiger partial charge >= 0.3 is 0 Å². The van der Waals surface area contributed by atoms with Gasteiger partial charge < -0.3 is 24.6 Å². The maximum atomic E-state index is 12.9. The maximum absolute atomic E-state index is 12.9. The molecule has 33 heavy (non-hydrogen) atoms. The molecule has 0 saturated carbocycles. The largest absolute Gasteiger partial charge is 0.497 e. The van der Waals surface area contributed by atoms with Crippen molar-refractivity contribution in [1.29, 1.82) is 0 Å². The molecule has 1 saturated heterocycles. The molecule has 0 spiro atoms. The summed E-state index contributed by atoms with van der Waals surface area (Å²) in [5.74, 6) is 0.184. The van der Waals surface area contributed by atoms with Crippen LogP contribution in [0.2, 0.25) is 0 Å². The van der Waals surface area contributed by atoms with E-state index in [-0.39, 0.29) is 17.7 Å². The van der Waals surface area contributed by atoms with Gasteiger partial charge in [0.2, 0.25) is 5.91 Å². The van der Waals surface area contributed by atoms with Gasteiger partial charge in [0.15, 0.2) is 0 Å². The quantitative estimate of drug-likeness (QED) is 0.615. The highest BCUT2D eigenvalue weighted by Crippen LogP contribution is 2.26. The molecule has 0 aliphatic carbocycles.